The minimum absolute atomic E-state index is 0.0712. The Bertz CT molecular complexity index is 1870. The van der Waals surface area contributed by atoms with E-state index in [2.05, 4.69) is 9.62 Å². The van der Waals surface area contributed by atoms with Crippen molar-refractivity contribution in [2.24, 2.45) is 0 Å². The number of carbonyl (C=O) groups is 2. The van der Waals surface area contributed by atoms with Crippen molar-refractivity contribution < 1.29 is 33.0 Å². The SMILES string of the molecule is COc1ccc2c(c1)C(O)C(O)(C(=O)N1C3CCC1CN(C)C3)Cn1c-2c(C2CCCCC2)c2ccc(C(=O)NS(=O)(=O)N(C)C)cc21. The number of methoxy groups -OCH3 is 1. The molecule has 0 spiro atoms. The van der Waals surface area contributed by atoms with Crippen molar-refractivity contribution in [3.63, 3.8) is 0 Å². The van der Waals surface area contributed by atoms with Crippen LogP contribution in [-0.2, 0) is 21.5 Å². The van der Waals surface area contributed by atoms with Crippen LogP contribution in [0.4, 0.5) is 0 Å². The fourth-order valence-corrected chi connectivity index (χ4v) is 9.13. The predicted molar refractivity (Wildman–Crippen MR) is 181 cm³/mol. The van der Waals surface area contributed by atoms with E-state index in [-0.39, 0.29) is 30.1 Å². The first-order valence-electron chi connectivity index (χ1n) is 16.8. The summed E-state index contributed by atoms with van der Waals surface area (Å²) < 4.78 is 35.6. The Kier molecular flexibility index (Phi) is 8.35. The van der Waals surface area contributed by atoms with Crippen LogP contribution in [0.5, 0.6) is 5.75 Å². The Hall–Kier alpha value is -3.49. The number of likely N-dealkylation sites (tertiary alicyclic amines) is 1. The zero-order chi connectivity index (χ0) is 34.1. The van der Waals surface area contributed by atoms with Crippen LogP contribution < -0.4 is 9.46 Å². The molecule has 3 N–H and O–H groups in total. The molecule has 1 saturated carbocycles. The first-order valence-corrected chi connectivity index (χ1v) is 18.3. The molecule has 0 radical (unpaired) electrons. The summed E-state index contributed by atoms with van der Waals surface area (Å²) in [5, 5.41) is 25.8. The second-order valence-electron chi connectivity index (χ2n) is 14.2. The van der Waals surface area contributed by atoms with Gasteiger partial charge in [0.2, 0.25) is 0 Å². The fraction of sp³-hybridized carbons (Fsp3) is 0.543. The molecule has 2 amide bonds. The van der Waals surface area contributed by atoms with Gasteiger partial charge in [-0.05, 0) is 80.1 Å². The van der Waals surface area contributed by atoms with Gasteiger partial charge in [0.25, 0.3) is 11.8 Å². The fourth-order valence-electron chi connectivity index (χ4n) is 8.59. The molecule has 4 heterocycles. The Balaban J connectivity index is 1.45. The molecule has 1 aliphatic carbocycles. The molecule has 2 aromatic carbocycles. The summed E-state index contributed by atoms with van der Waals surface area (Å²) in [5.41, 5.74) is 1.39. The van der Waals surface area contributed by atoms with Gasteiger partial charge in [-0.15, -0.1) is 0 Å². The molecule has 12 nitrogen and oxygen atoms in total. The number of benzene rings is 2. The molecular formula is C35H45N5O7S. The molecule has 258 valence electrons. The van der Waals surface area contributed by atoms with Crippen LogP contribution in [0.3, 0.4) is 0 Å². The minimum Gasteiger partial charge on any atom is -0.497 e. The molecule has 3 aliphatic heterocycles. The molecule has 4 aliphatic rings. The van der Waals surface area contributed by atoms with Crippen molar-refractivity contribution in [1.29, 1.82) is 0 Å². The van der Waals surface area contributed by atoms with Gasteiger partial charge in [-0.2, -0.15) is 12.7 Å². The number of likely N-dealkylation sites (N-methyl/N-ethyl adjacent to an activating group) is 1. The van der Waals surface area contributed by atoms with Crippen molar-refractivity contribution in [3.8, 4) is 17.0 Å². The Morgan fingerprint density at radius 3 is 2.33 bits per heavy atom. The molecule has 2 saturated heterocycles. The van der Waals surface area contributed by atoms with Gasteiger partial charge in [0, 0.05) is 61.3 Å². The Morgan fingerprint density at radius 2 is 1.69 bits per heavy atom. The Morgan fingerprint density at radius 1 is 1.00 bits per heavy atom. The van der Waals surface area contributed by atoms with Gasteiger partial charge in [-0.25, -0.2) is 4.72 Å². The normalized spacial score (nSPS) is 26.3. The van der Waals surface area contributed by atoms with Gasteiger partial charge in [0.1, 0.15) is 11.9 Å². The monoisotopic (exact) mass is 679 g/mol. The quantitative estimate of drug-likeness (QED) is 0.361. The van der Waals surface area contributed by atoms with E-state index >= 15 is 0 Å². The smallest absolute Gasteiger partial charge is 0.303 e. The lowest BCUT2D eigenvalue weighted by atomic mass is 9.80. The molecule has 13 heteroatoms. The van der Waals surface area contributed by atoms with Crippen LogP contribution in [0, 0.1) is 0 Å². The van der Waals surface area contributed by atoms with E-state index < -0.39 is 33.7 Å². The van der Waals surface area contributed by atoms with Crippen molar-refractivity contribution in [3.05, 3.63) is 53.1 Å². The third kappa shape index (κ3) is 5.30. The highest BCUT2D eigenvalue weighted by molar-refractivity contribution is 7.87. The highest BCUT2D eigenvalue weighted by Gasteiger charge is 2.55. The van der Waals surface area contributed by atoms with Gasteiger partial charge in [-0.3, -0.25) is 9.59 Å². The van der Waals surface area contributed by atoms with Gasteiger partial charge in [0.15, 0.2) is 5.60 Å². The van der Waals surface area contributed by atoms with Gasteiger partial charge < -0.3 is 29.3 Å². The van der Waals surface area contributed by atoms with E-state index in [1.54, 1.807) is 23.1 Å². The molecule has 4 atom stereocenters. The third-order valence-corrected chi connectivity index (χ3v) is 12.4. The lowest BCUT2D eigenvalue weighted by molar-refractivity contribution is -0.173. The molecule has 3 aromatic rings. The number of hydrogen-bond donors (Lipinski definition) is 3. The maximum Gasteiger partial charge on any atom is 0.303 e. The van der Waals surface area contributed by atoms with E-state index in [1.165, 1.54) is 21.2 Å². The van der Waals surface area contributed by atoms with Crippen molar-refractivity contribution in [2.45, 2.75) is 81.2 Å². The number of piperazine rings is 1. The molecule has 3 fully saturated rings. The Labute approximate surface area is 281 Å². The summed E-state index contributed by atoms with van der Waals surface area (Å²) >= 11 is 0. The second kappa shape index (κ2) is 12.1. The van der Waals surface area contributed by atoms with Gasteiger partial charge in [0.05, 0.1) is 19.3 Å². The van der Waals surface area contributed by atoms with Crippen molar-refractivity contribution >= 4 is 32.9 Å². The van der Waals surface area contributed by atoms with E-state index in [0.29, 0.717) is 35.5 Å². The summed E-state index contributed by atoms with van der Waals surface area (Å²) in [5.74, 6) is -0.635. The first-order chi connectivity index (χ1) is 22.8. The topological polar surface area (TPSA) is 145 Å². The average molecular weight is 680 g/mol. The number of carbonyl (C=O) groups excluding carboxylic acids is 2. The minimum atomic E-state index is -4.05. The third-order valence-electron chi connectivity index (χ3n) is 11.0. The lowest BCUT2D eigenvalue weighted by Crippen LogP contribution is -2.62. The predicted octanol–water partition coefficient (Wildman–Crippen LogP) is 2.98. The van der Waals surface area contributed by atoms with Crippen LogP contribution in [0.1, 0.15) is 78.5 Å². The van der Waals surface area contributed by atoms with Crippen LogP contribution in [0.25, 0.3) is 22.2 Å². The molecule has 7 rings (SSSR count). The first kappa shape index (κ1) is 33.0. The second-order valence-corrected chi connectivity index (χ2v) is 16.1. The summed E-state index contributed by atoms with van der Waals surface area (Å²) in [6, 6.07) is 10.4. The number of aliphatic hydroxyl groups is 2. The van der Waals surface area contributed by atoms with Gasteiger partial charge in [-0.1, -0.05) is 25.3 Å². The van der Waals surface area contributed by atoms with E-state index in [0.717, 1.165) is 65.9 Å². The zero-order valence-corrected chi connectivity index (χ0v) is 28.8. The van der Waals surface area contributed by atoms with Gasteiger partial charge >= 0.3 is 10.2 Å². The highest BCUT2D eigenvalue weighted by Crippen LogP contribution is 2.50. The number of ether oxygens (including phenoxy) is 1. The van der Waals surface area contributed by atoms with E-state index in [4.69, 9.17) is 4.74 Å². The number of hydrogen-bond acceptors (Lipinski definition) is 8. The summed E-state index contributed by atoms with van der Waals surface area (Å²) in [6.45, 7) is 1.13. The van der Waals surface area contributed by atoms with E-state index in [1.807, 2.05) is 29.8 Å². The van der Waals surface area contributed by atoms with Crippen LogP contribution >= 0.6 is 0 Å². The molecule has 2 bridgehead atoms. The number of amides is 2. The van der Waals surface area contributed by atoms with Crippen molar-refractivity contribution in [1.82, 2.24) is 23.4 Å². The maximum atomic E-state index is 14.7. The standard InChI is InChI=1S/C35H45N5O7S/c1-37(2)48(45,46)36-33(42)22-10-14-27-29(16-22)39-20-35(44,34(43)40-23-11-12-24(40)19-38(3)18-23)32(41)28-17-25(47-4)13-15-26(28)31(39)30(27)21-8-6-5-7-9-21/h10,13-17,21,23-24,32,41,44H,5-9,11-12,18-20H2,1-4H3,(H,36,42). The van der Waals surface area contributed by atoms with Crippen LogP contribution in [0.2, 0.25) is 0 Å². The van der Waals surface area contributed by atoms with Crippen molar-refractivity contribution in [2.75, 3.05) is 41.3 Å². The molecule has 1 aromatic heterocycles. The number of rotatable bonds is 6. The molecule has 4 unspecified atom stereocenters. The molecular weight excluding hydrogens is 634 g/mol. The summed E-state index contributed by atoms with van der Waals surface area (Å²) in [4.78, 5) is 32.1. The number of nitrogens with zero attached hydrogens (tertiary/aromatic N) is 4. The summed E-state index contributed by atoms with van der Waals surface area (Å²) in [7, 11) is 2.20. The maximum absolute atomic E-state index is 14.7. The average Bonchev–Trinajstić information content (AvgIpc) is 3.50. The summed E-state index contributed by atoms with van der Waals surface area (Å²) in [6.07, 6.45) is 5.26. The number of aliphatic hydroxyl groups excluding tert-OH is 1. The van der Waals surface area contributed by atoms with E-state index in [9.17, 15) is 28.2 Å². The molecule has 48 heavy (non-hydrogen) atoms. The number of aromatic nitrogens is 1. The number of nitrogens with one attached hydrogen (secondary N) is 1. The number of fused-ring (bicyclic) bond motifs is 7. The lowest BCUT2D eigenvalue weighted by Gasteiger charge is -2.44. The largest absolute Gasteiger partial charge is 0.497 e. The van der Waals surface area contributed by atoms with Crippen LogP contribution in [0.15, 0.2) is 36.4 Å². The zero-order valence-electron chi connectivity index (χ0n) is 28.0. The highest BCUT2D eigenvalue weighted by atomic mass is 32.2. The van der Waals surface area contributed by atoms with Crippen LogP contribution in [-0.4, -0.2) is 108 Å².